The fourth-order valence-corrected chi connectivity index (χ4v) is 4.23. The lowest BCUT2D eigenvalue weighted by Gasteiger charge is -2.36. The van der Waals surface area contributed by atoms with Gasteiger partial charge in [0, 0.05) is 0 Å². The van der Waals surface area contributed by atoms with Gasteiger partial charge in [-0.25, -0.2) is 0 Å². The van der Waals surface area contributed by atoms with Crippen molar-refractivity contribution in [3.05, 3.63) is 138 Å². The molecule has 4 aromatic rings. The van der Waals surface area contributed by atoms with E-state index in [1.165, 1.54) is 0 Å². The first kappa shape index (κ1) is 19.4. The highest BCUT2D eigenvalue weighted by Gasteiger charge is 2.38. The third-order valence-corrected chi connectivity index (χ3v) is 5.47. The van der Waals surface area contributed by atoms with Crippen LogP contribution in [0.3, 0.4) is 0 Å². The first-order valence-corrected chi connectivity index (χ1v) is 10.5. The van der Waals surface area contributed by atoms with Crippen molar-refractivity contribution < 1.29 is 14.3 Å². The Labute approximate surface area is 171 Å². The minimum absolute atomic E-state index is 0.424. The van der Waals surface area contributed by atoms with E-state index in [0.29, 0.717) is 5.75 Å². The fourth-order valence-electron chi connectivity index (χ4n) is 3.92. The standard InChI is InChI=1S/C25H21O3P/c26-29(27)28-24-18-16-23(17-19-24)25(20-10-4-1-5-11-20,21-12-6-2-7-13-21)22-14-8-3-9-15-22/h1-19,26-27H. The van der Waals surface area contributed by atoms with E-state index in [-0.39, 0.29) is 0 Å². The molecule has 0 aliphatic rings. The SMILES string of the molecule is OP(O)Oc1ccc(C(c2ccccc2)(c2ccccc2)c2ccccc2)cc1. The molecule has 0 heterocycles. The molecule has 4 heteroatoms. The topological polar surface area (TPSA) is 49.7 Å². The highest BCUT2D eigenvalue weighted by Crippen LogP contribution is 2.45. The first-order valence-electron chi connectivity index (χ1n) is 9.34. The van der Waals surface area contributed by atoms with Crippen LogP contribution in [0.5, 0.6) is 5.75 Å². The first-order chi connectivity index (χ1) is 14.2. The molecule has 0 saturated heterocycles. The van der Waals surface area contributed by atoms with Gasteiger partial charge in [-0.2, -0.15) is 0 Å². The van der Waals surface area contributed by atoms with Crippen LogP contribution in [0.15, 0.2) is 115 Å². The molecule has 0 unspecified atom stereocenters. The van der Waals surface area contributed by atoms with Crippen LogP contribution in [-0.4, -0.2) is 9.79 Å². The van der Waals surface area contributed by atoms with Crippen molar-refractivity contribution in [2.45, 2.75) is 5.41 Å². The lowest BCUT2D eigenvalue weighted by molar-refractivity contribution is 0.375. The van der Waals surface area contributed by atoms with Crippen molar-refractivity contribution in [3.63, 3.8) is 0 Å². The van der Waals surface area contributed by atoms with Crippen molar-refractivity contribution in [1.29, 1.82) is 0 Å². The molecule has 0 aromatic heterocycles. The van der Waals surface area contributed by atoms with Gasteiger partial charge in [0.15, 0.2) is 0 Å². The van der Waals surface area contributed by atoms with E-state index in [1.807, 2.05) is 30.3 Å². The maximum Gasteiger partial charge on any atom is 0.391 e. The lowest BCUT2D eigenvalue weighted by atomic mass is 9.65. The quantitative estimate of drug-likeness (QED) is 0.324. The summed E-state index contributed by atoms with van der Waals surface area (Å²) >= 11 is 0. The number of rotatable bonds is 6. The second-order valence-electron chi connectivity index (χ2n) is 6.72. The molecular formula is C25H21O3P. The molecular weight excluding hydrogens is 379 g/mol. The fraction of sp³-hybridized carbons (Fsp3) is 0.0400. The molecule has 3 nitrogen and oxygen atoms in total. The summed E-state index contributed by atoms with van der Waals surface area (Å²) < 4.78 is 5.07. The second-order valence-corrected chi connectivity index (χ2v) is 7.40. The molecule has 29 heavy (non-hydrogen) atoms. The Morgan fingerprint density at radius 3 is 1.17 bits per heavy atom. The van der Waals surface area contributed by atoms with Crippen molar-refractivity contribution in [2.24, 2.45) is 0 Å². The zero-order chi connectivity index (χ0) is 20.1. The van der Waals surface area contributed by atoms with Crippen LogP contribution >= 0.6 is 8.60 Å². The summed E-state index contributed by atoms with van der Waals surface area (Å²) in [6.45, 7) is 0. The zero-order valence-corrected chi connectivity index (χ0v) is 16.6. The average Bonchev–Trinajstić information content (AvgIpc) is 2.77. The van der Waals surface area contributed by atoms with Crippen LogP contribution in [0.2, 0.25) is 0 Å². The average molecular weight is 400 g/mol. The molecule has 0 saturated carbocycles. The summed E-state index contributed by atoms with van der Waals surface area (Å²) in [7, 11) is -2.45. The maximum atomic E-state index is 9.17. The number of hydrogen-bond acceptors (Lipinski definition) is 3. The summed E-state index contributed by atoms with van der Waals surface area (Å²) in [5.41, 5.74) is 3.99. The molecule has 0 aliphatic heterocycles. The Balaban J connectivity index is 2.00. The summed E-state index contributed by atoms with van der Waals surface area (Å²) in [5, 5.41) is 0. The van der Waals surface area contributed by atoms with E-state index in [1.54, 1.807) is 12.1 Å². The normalized spacial score (nSPS) is 11.4. The van der Waals surface area contributed by atoms with Crippen molar-refractivity contribution in [1.82, 2.24) is 0 Å². The Hall–Kier alpha value is -2.97. The van der Waals surface area contributed by atoms with Gasteiger partial charge < -0.3 is 14.3 Å². The Bertz CT molecular complexity index is 937. The molecule has 0 spiro atoms. The Morgan fingerprint density at radius 2 is 0.828 bits per heavy atom. The van der Waals surface area contributed by atoms with E-state index in [4.69, 9.17) is 14.3 Å². The molecule has 0 aliphatic carbocycles. The van der Waals surface area contributed by atoms with Crippen LogP contribution in [0.1, 0.15) is 22.3 Å². The maximum absolute atomic E-state index is 9.17. The van der Waals surface area contributed by atoms with Gasteiger partial charge in [0.05, 0.1) is 5.41 Å². The molecule has 4 rings (SSSR count). The second kappa shape index (κ2) is 8.59. The molecule has 0 bridgehead atoms. The number of hydrogen-bond donors (Lipinski definition) is 2. The third-order valence-electron chi connectivity index (χ3n) is 5.09. The minimum atomic E-state index is -2.45. The van der Waals surface area contributed by atoms with Crippen LogP contribution < -0.4 is 4.52 Å². The monoisotopic (exact) mass is 400 g/mol. The van der Waals surface area contributed by atoms with Crippen molar-refractivity contribution in [2.75, 3.05) is 0 Å². The number of benzene rings is 4. The van der Waals surface area contributed by atoms with Crippen molar-refractivity contribution >= 4 is 8.60 Å². The van der Waals surface area contributed by atoms with E-state index in [9.17, 15) is 0 Å². The molecule has 0 radical (unpaired) electrons. The van der Waals surface area contributed by atoms with E-state index < -0.39 is 14.0 Å². The summed E-state index contributed by atoms with van der Waals surface area (Å²) in [4.78, 5) is 18.3. The largest absolute Gasteiger partial charge is 0.427 e. The van der Waals surface area contributed by atoms with E-state index >= 15 is 0 Å². The highest BCUT2D eigenvalue weighted by atomic mass is 31.2. The molecule has 2 N–H and O–H groups in total. The predicted molar refractivity (Wildman–Crippen MR) is 117 cm³/mol. The van der Waals surface area contributed by atoms with Crippen molar-refractivity contribution in [3.8, 4) is 5.75 Å². The van der Waals surface area contributed by atoms with Gasteiger partial charge in [0.1, 0.15) is 5.75 Å². The summed E-state index contributed by atoms with van der Waals surface area (Å²) in [5.74, 6) is 0.424. The highest BCUT2D eigenvalue weighted by molar-refractivity contribution is 7.39. The van der Waals surface area contributed by atoms with Crippen LogP contribution in [-0.2, 0) is 5.41 Å². The minimum Gasteiger partial charge on any atom is -0.427 e. The molecule has 0 atom stereocenters. The van der Waals surface area contributed by atoms with Crippen LogP contribution in [0, 0.1) is 0 Å². The third kappa shape index (κ3) is 3.81. The summed E-state index contributed by atoms with van der Waals surface area (Å²) in [6.07, 6.45) is 0. The molecule has 0 amide bonds. The van der Waals surface area contributed by atoms with Gasteiger partial charge >= 0.3 is 8.60 Å². The van der Waals surface area contributed by atoms with Crippen LogP contribution in [0.25, 0.3) is 0 Å². The van der Waals surface area contributed by atoms with E-state index in [0.717, 1.165) is 22.3 Å². The Kier molecular flexibility index (Phi) is 5.73. The van der Waals surface area contributed by atoms with Gasteiger partial charge in [-0.3, -0.25) is 0 Å². The zero-order valence-electron chi connectivity index (χ0n) is 15.7. The molecule has 144 valence electrons. The molecule has 0 fully saturated rings. The lowest BCUT2D eigenvalue weighted by Crippen LogP contribution is -2.30. The Morgan fingerprint density at radius 1 is 0.483 bits per heavy atom. The van der Waals surface area contributed by atoms with Gasteiger partial charge in [-0.05, 0) is 34.4 Å². The van der Waals surface area contributed by atoms with Gasteiger partial charge in [0.25, 0.3) is 0 Å². The predicted octanol–water partition coefficient (Wildman–Crippen LogP) is 5.66. The van der Waals surface area contributed by atoms with E-state index in [2.05, 4.69) is 72.8 Å². The van der Waals surface area contributed by atoms with Gasteiger partial charge in [0.2, 0.25) is 0 Å². The van der Waals surface area contributed by atoms with Gasteiger partial charge in [-0.15, -0.1) is 0 Å². The van der Waals surface area contributed by atoms with Gasteiger partial charge in [-0.1, -0.05) is 103 Å². The molecule has 4 aromatic carbocycles. The smallest absolute Gasteiger partial charge is 0.391 e. The van der Waals surface area contributed by atoms with Crippen LogP contribution in [0.4, 0.5) is 0 Å². The summed E-state index contributed by atoms with van der Waals surface area (Å²) in [6, 6.07) is 38.8.